The van der Waals surface area contributed by atoms with E-state index in [-0.39, 0.29) is 11.7 Å². The largest absolute Gasteiger partial charge is 0.327 e. The number of likely N-dealkylation sites (N-methyl/N-ethyl adjacent to an activating group) is 2. The molecule has 0 saturated heterocycles. The maximum Gasteiger partial charge on any atom is 0.258 e. The van der Waals surface area contributed by atoms with Gasteiger partial charge in [-0.15, -0.1) is 0 Å². The van der Waals surface area contributed by atoms with Gasteiger partial charge in [-0.1, -0.05) is 23.2 Å². The van der Waals surface area contributed by atoms with Gasteiger partial charge in [-0.3, -0.25) is 9.59 Å². The quantitative estimate of drug-likeness (QED) is 0.782. The predicted octanol–water partition coefficient (Wildman–Crippen LogP) is 3.16. The Morgan fingerprint density at radius 2 is 1.38 bits per heavy atom. The van der Waals surface area contributed by atoms with Gasteiger partial charge >= 0.3 is 0 Å². The van der Waals surface area contributed by atoms with E-state index in [2.05, 4.69) is 5.32 Å². The highest BCUT2D eigenvalue weighted by atomic mass is 35.5. The van der Waals surface area contributed by atoms with Crippen molar-refractivity contribution in [1.29, 1.82) is 0 Å². The van der Waals surface area contributed by atoms with Crippen molar-refractivity contribution in [3.8, 4) is 0 Å². The Balaban J connectivity index is 1.92. The molecule has 0 aliphatic carbocycles. The summed E-state index contributed by atoms with van der Waals surface area (Å²) in [5.74, 6) is -1.88. The first-order chi connectivity index (χ1) is 11.4. The molecule has 0 aromatic heterocycles. The molecule has 0 bridgehead atoms. The second-order valence-electron chi connectivity index (χ2n) is 5.90. The number of benzene rings is 2. The lowest BCUT2D eigenvalue weighted by Gasteiger charge is -2.47. The van der Waals surface area contributed by atoms with E-state index >= 15 is 0 Å². The maximum absolute atomic E-state index is 13.2. The van der Waals surface area contributed by atoms with Crippen LogP contribution in [0.1, 0.15) is 20.7 Å². The molecule has 24 heavy (non-hydrogen) atoms. The minimum absolute atomic E-state index is 0.223. The van der Waals surface area contributed by atoms with Crippen LogP contribution in [0.3, 0.4) is 0 Å². The average Bonchev–Trinajstić information content (AvgIpc) is 2.75. The van der Waals surface area contributed by atoms with Crippen molar-refractivity contribution in [2.45, 2.75) is 5.79 Å². The Bertz CT molecular complexity index is 915. The minimum Gasteiger partial charge on any atom is -0.327 e. The molecule has 2 aliphatic rings. The summed E-state index contributed by atoms with van der Waals surface area (Å²) in [5.41, 5.74) is 2.27. The van der Waals surface area contributed by atoms with Crippen molar-refractivity contribution in [2.24, 2.45) is 0 Å². The molecule has 122 valence electrons. The van der Waals surface area contributed by atoms with Gasteiger partial charge in [0.1, 0.15) is 0 Å². The molecule has 1 spiro atoms. The van der Waals surface area contributed by atoms with Crippen LogP contribution in [0.5, 0.6) is 0 Å². The second-order valence-corrected chi connectivity index (χ2v) is 6.77. The van der Waals surface area contributed by atoms with Gasteiger partial charge < -0.3 is 15.1 Å². The number of hydrogen-bond donors (Lipinski definition) is 1. The van der Waals surface area contributed by atoms with Gasteiger partial charge in [0.2, 0.25) is 5.78 Å². The van der Waals surface area contributed by atoms with Crippen LogP contribution < -0.4 is 15.1 Å². The monoisotopic (exact) mass is 361 g/mol. The lowest BCUT2D eigenvalue weighted by atomic mass is 10.0. The fourth-order valence-corrected chi connectivity index (χ4v) is 3.83. The average molecular weight is 362 g/mol. The van der Waals surface area contributed by atoms with E-state index in [1.54, 1.807) is 60.3 Å². The Morgan fingerprint density at radius 3 is 1.96 bits per heavy atom. The molecule has 2 heterocycles. The molecule has 0 saturated carbocycles. The van der Waals surface area contributed by atoms with Gasteiger partial charge in [0, 0.05) is 29.7 Å². The molecule has 1 atom stereocenters. The Hall–Kier alpha value is -2.24. The van der Waals surface area contributed by atoms with Gasteiger partial charge in [-0.25, -0.2) is 0 Å². The normalized spacial score (nSPS) is 21.8. The number of nitrogens with zero attached hydrogens (tertiary/aromatic N) is 2. The maximum atomic E-state index is 13.2. The van der Waals surface area contributed by atoms with Crippen LogP contribution in [-0.4, -0.2) is 31.6 Å². The Morgan fingerprint density at radius 1 is 0.875 bits per heavy atom. The molecule has 1 unspecified atom stereocenters. The zero-order chi connectivity index (χ0) is 17.2. The predicted molar refractivity (Wildman–Crippen MR) is 94.2 cm³/mol. The first-order valence-electron chi connectivity index (χ1n) is 7.30. The number of anilines is 2. The number of fused-ring (bicyclic) bond motifs is 2. The third-order valence-electron chi connectivity index (χ3n) is 4.70. The molecule has 5 nitrogen and oxygen atoms in total. The number of rotatable bonds is 0. The van der Waals surface area contributed by atoms with Crippen LogP contribution in [0.2, 0.25) is 10.0 Å². The summed E-state index contributed by atoms with van der Waals surface area (Å²) in [6.07, 6.45) is 0. The molecule has 4 rings (SSSR count). The van der Waals surface area contributed by atoms with E-state index in [4.69, 9.17) is 23.2 Å². The van der Waals surface area contributed by atoms with E-state index in [1.165, 1.54) is 0 Å². The molecular weight excluding hydrogens is 349 g/mol. The van der Waals surface area contributed by atoms with Gasteiger partial charge in [0.05, 0.1) is 16.9 Å². The molecule has 0 fully saturated rings. The number of carbonyl (C=O) groups excluding carboxylic acids is 2. The summed E-state index contributed by atoms with van der Waals surface area (Å²) in [6, 6.07) is 10.2. The molecule has 1 amide bonds. The number of Topliss-reactive ketones (excluding diaryl/α,β-unsaturated/α-hetero) is 1. The number of halogens is 2. The van der Waals surface area contributed by atoms with Gasteiger partial charge in [-0.2, -0.15) is 0 Å². The van der Waals surface area contributed by atoms with Crippen molar-refractivity contribution < 1.29 is 9.59 Å². The highest BCUT2D eigenvalue weighted by Crippen LogP contribution is 2.43. The lowest BCUT2D eigenvalue weighted by Crippen LogP contribution is -2.73. The zero-order valence-electron chi connectivity index (χ0n) is 12.9. The molecule has 1 N–H and O–H groups in total. The summed E-state index contributed by atoms with van der Waals surface area (Å²) in [5, 5.41) is 3.80. The molecule has 7 heteroatoms. The summed E-state index contributed by atoms with van der Waals surface area (Å²) in [7, 11) is 3.55. The molecule has 2 aromatic carbocycles. The zero-order valence-corrected chi connectivity index (χ0v) is 14.4. The van der Waals surface area contributed by atoms with Crippen molar-refractivity contribution in [3.63, 3.8) is 0 Å². The highest BCUT2D eigenvalue weighted by molar-refractivity contribution is 6.32. The molecule has 0 radical (unpaired) electrons. The summed E-state index contributed by atoms with van der Waals surface area (Å²) >= 11 is 12.0. The van der Waals surface area contributed by atoms with Crippen molar-refractivity contribution in [1.82, 2.24) is 5.32 Å². The van der Waals surface area contributed by atoms with E-state index in [9.17, 15) is 9.59 Å². The van der Waals surface area contributed by atoms with E-state index in [1.807, 2.05) is 0 Å². The van der Waals surface area contributed by atoms with E-state index in [0.29, 0.717) is 32.5 Å². The highest BCUT2D eigenvalue weighted by Gasteiger charge is 2.57. The van der Waals surface area contributed by atoms with E-state index in [0.717, 1.165) is 0 Å². The number of nitrogens with one attached hydrogen (secondary N) is 1. The van der Waals surface area contributed by atoms with Crippen molar-refractivity contribution in [2.75, 3.05) is 23.9 Å². The summed E-state index contributed by atoms with van der Waals surface area (Å²) in [6.45, 7) is 0. The van der Waals surface area contributed by atoms with Crippen molar-refractivity contribution in [3.05, 3.63) is 57.6 Å². The Labute approximate surface area is 148 Å². The van der Waals surface area contributed by atoms with Crippen LogP contribution in [0.15, 0.2) is 36.4 Å². The summed E-state index contributed by atoms with van der Waals surface area (Å²) in [4.78, 5) is 29.4. The third-order valence-corrected chi connectivity index (χ3v) is 5.17. The smallest absolute Gasteiger partial charge is 0.258 e. The second kappa shape index (κ2) is 4.88. The first kappa shape index (κ1) is 15.3. The first-order valence-corrected chi connectivity index (χ1v) is 8.06. The van der Waals surface area contributed by atoms with Crippen LogP contribution in [0.4, 0.5) is 11.4 Å². The van der Waals surface area contributed by atoms with Crippen LogP contribution in [0.25, 0.3) is 0 Å². The number of hydrogen-bond acceptors (Lipinski definition) is 4. The molecule has 2 aromatic rings. The third kappa shape index (κ3) is 1.77. The van der Waals surface area contributed by atoms with E-state index < -0.39 is 5.79 Å². The van der Waals surface area contributed by atoms with Crippen LogP contribution in [0, 0.1) is 0 Å². The lowest BCUT2D eigenvalue weighted by molar-refractivity contribution is 0.0767. The van der Waals surface area contributed by atoms with Crippen LogP contribution in [-0.2, 0) is 0 Å². The topological polar surface area (TPSA) is 52.7 Å². The van der Waals surface area contributed by atoms with Gasteiger partial charge in [0.25, 0.3) is 11.7 Å². The van der Waals surface area contributed by atoms with Crippen LogP contribution >= 0.6 is 23.2 Å². The van der Waals surface area contributed by atoms with Crippen molar-refractivity contribution >= 4 is 46.3 Å². The van der Waals surface area contributed by atoms with Gasteiger partial charge in [-0.05, 0) is 36.4 Å². The molecular formula is C17H13Cl2N3O2. The number of carbonyl (C=O) groups is 2. The fourth-order valence-electron chi connectivity index (χ4n) is 3.48. The van der Waals surface area contributed by atoms with Gasteiger partial charge in [0.15, 0.2) is 0 Å². The number of amides is 1. The SMILES string of the molecule is CN1c2ccc(Cl)cc2C(=O)NC12C(=O)c1cc(Cl)ccc1N2C. The standard InChI is InChI=1S/C17H13Cl2N3O2/c1-21-13-5-3-9(18)7-11(13)15(23)17(21)20-16(24)12-8-10(19)4-6-14(12)22(17)2/h3-8H,1-2H3,(H,20,24). The minimum atomic E-state index is -1.31. The summed E-state index contributed by atoms with van der Waals surface area (Å²) < 4.78 is 0. The number of ketones is 1. The Kier molecular flexibility index (Phi) is 3.11. The fraction of sp³-hybridized carbons (Fsp3) is 0.176. The molecule has 2 aliphatic heterocycles.